The van der Waals surface area contributed by atoms with E-state index < -0.39 is 0 Å². The minimum atomic E-state index is 0. The van der Waals surface area contributed by atoms with Gasteiger partial charge in [0.05, 0.1) is 0 Å². The Bertz CT molecular complexity index is 543. The second-order valence-electron chi connectivity index (χ2n) is 7.28. The van der Waals surface area contributed by atoms with Crippen LogP contribution in [0, 0.1) is 0 Å². The van der Waals surface area contributed by atoms with Crippen molar-refractivity contribution in [3.05, 3.63) is 35.9 Å². The lowest BCUT2D eigenvalue weighted by Gasteiger charge is -2.26. The van der Waals surface area contributed by atoms with Crippen molar-refractivity contribution >= 4 is 29.9 Å². The third-order valence-corrected chi connectivity index (χ3v) is 5.13. The zero-order valence-electron chi connectivity index (χ0n) is 17.7. The van der Waals surface area contributed by atoms with Crippen molar-refractivity contribution < 1.29 is 4.74 Å². The molecule has 1 aliphatic rings. The van der Waals surface area contributed by atoms with Crippen LogP contribution in [0.5, 0.6) is 0 Å². The molecule has 6 nitrogen and oxygen atoms in total. The molecule has 2 rings (SSSR count). The van der Waals surface area contributed by atoms with Crippen molar-refractivity contribution in [2.24, 2.45) is 4.99 Å². The molecule has 1 atom stereocenters. The van der Waals surface area contributed by atoms with Gasteiger partial charge in [-0.3, -0.25) is 9.89 Å². The first-order valence-corrected chi connectivity index (χ1v) is 10.1. The van der Waals surface area contributed by atoms with Gasteiger partial charge in [-0.2, -0.15) is 0 Å². The molecule has 0 amide bonds. The van der Waals surface area contributed by atoms with Crippen molar-refractivity contribution in [3.63, 3.8) is 0 Å². The Balaban J connectivity index is 0.00000392. The molecule has 1 aromatic carbocycles. The topological polar surface area (TPSA) is 52.1 Å². The van der Waals surface area contributed by atoms with Gasteiger partial charge in [-0.15, -0.1) is 24.0 Å². The van der Waals surface area contributed by atoms with Crippen LogP contribution in [0.4, 0.5) is 0 Å². The number of benzene rings is 1. The zero-order valence-corrected chi connectivity index (χ0v) is 20.0. The lowest BCUT2D eigenvalue weighted by Crippen LogP contribution is -2.46. The maximum absolute atomic E-state index is 5.10. The number of halogens is 1. The molecule has 1 aromatic rings. The van der Waals surface area contributed by atoms with Gasteiger partial charge in [0.15, 0.2) is 5.96 Å². The number of likely N-dealkylation sites (N-methyl/N-ethyl adjacent to an activating group) is 1. The first kappa shape index (κ1) is 25.1. The molecular formula is C21H38IN5O. The Hall–Kier alpha value is -0.900. The number of hydrogen-bond donors (Lipinski definition) is 2. The summed E-state index contributed by atoms with van der Waals surface area (Å²) in [6, 6.07) is 11.3. The molecule has 2 N–H and O–H groups in total. The van der Waals surface area contributed by atoms with Crippen molar-refractivity contribution in [3.8, 4) is 0 Å². The second kappa shape index (κ2) is 15.0. The molecule has 1 fully saturated rings. The molecule has 7 heteroatoms. The lowest BCUT2D eigenvalue weighted by molar-refractivity contribution is 0.180. The highest BCUT2D eigenvalue weighted by Gasteiger charge is 2.24. The Kier molecular flexibility index (Phi) is 13.5. The summed E-state index contributed by atoms with van der Waals surface area (Å²) in [5.41, 5.74) is 1.39. The van der Waals surface area contributed by atoms with E-state index in [1.165, 1.54) is 24.9 Å². The fourth-order valence-corrected chi connectivity index (χ4v) is 3.54. The summed E-state index contributed by atoms with van der Waals surface area (Å²) in [5, 5.41) is 6.94. The van der Waals surface area contributed by atoms with E-state index in [1.54, 1.807) is 7.11 Å². The lowest BCUT2D eigenvalue weighted by atomic mass is 10.2. The quantitative estimate of drug-likeness (QED) is 0.210. The zero-order chi connectivity index (χ0) is 19.3. The van der Waals surface area contributed by atoms with Gasteiger partial charge in [0.1, 0.15) is 0 Å². The van der Waals surface area contributed by atoms with E-state index in [0.29, 0.717) is 6.04 Å². The SMILES string of the molecule is CN=C(NCCN(C)CCCOC)NCC1CCCN1Cc1ccccc1.I. The van der Waals surface area contributed by atoms with Gasteiger partial charge in [0.2, 0.25) is 0 Å². The maximum Gasteiger partial charge on any atom is 0.191 e. The summed E-state index contributed by atoms with van der Waals surface area (Å²) in [7, 11) is 5.74. The van der Waals surface area contributed by atoms with Crippen LogP contribution in [0.3, 0.4) is 0 Å². The highest BCUT2D eigenvalue weighted by atomic mass is 127. The van der Waals surface area contributed by atoms with Crippen LogP contribution < -0.4 is 10.6 Å². The molecule has 0 bridgehead atoms. The summed E-state index contributed by atoms with van der Waals surface area (Å²) in [5.74, 6) is 0.895. The minimum Gasteiger partial charge on any atom is -0.385 e. The summed E-state index contributed by atoms with van der Waals surface area (Å²) in [6.07, 6.45) is 3.59. The minimum absolute atomic E-state index is 0. The van der Waals surface area contributed by atoms with E-state index in [-0.39, 0.29) is 24.0 Å². The van der Waals surface area contributed by atoms with Crippen LogP contribution in [0.2, 0.25) is 0 Å². The molecule has 160 valence electrons. The summed E-state index contributed by atoms with van der Waals surface area (Å²) >= 11 is 0. The molecule has 0 spiro atoms. The van der Waals surface area contributed by atoms with Crippen LogP contribution >= 0.6 is 24.0 Å². The normalized spacial score (nSPS) is 17.6. The Labute approximate surface area is 188 Å². The van der Waals surface area contributed by atoms with E-state index in [1.807, 2.05) is 7.05 Å². The average Bonchev–Trinajstić information content (AvgIpc) is 3.12. The number of aliphatic imine (C=N–C) groups is 1. The van der Waals surface area contributed by atoms with Crippen molar-refractivity contribution in [1.82, 2.24) is 20.4 Å². The van der Waals surface area contributed by atoms with Gasteiger partial charge in [-0.05, 0) is 38.4 Å². The number of methoxy groups -OCH3 is 1. The smallest absolute Gasteiger partial charge is 0.191 e. The Morgan fingerprint density at radius 2 is 2.04 bits per heavy atom. The van der Waals surface area contributed by atoms with Crippen molar-refractivity contribution in [2.45, 2.75) is 31.8 Å². The third kappa shape index (κ3) is 9.54. The molecule has 1 aliphatic heterocycles. The molecule has 1 saturated heterocycles. The summed E-state index contributed by atoms with van der Waals surface area (Å²) < 4.78 is 5.10. The van der Waals surface area contributed by atoms with Gasteiger partial charge in [-0.1, -0.05) is 30.3 Å². The monoisotopic (exact) mass is 503 g/mol. The standard InChI is InChI=1S/C21H37N5O.HI/c1-22-21(23-12-15-25(2)13-8-16-27-3)24-17-20-11-7-14-26(20)18-19-9-5-4-6-10-19;/h4-6,9-10,20H,7-8,11-18H2,1-3H3,(H2,22,23,24);1H. The molecule has 0 aliphatic carbocycles. The van der Waals surface area contributed by atoms with Crippen LogP contribution in [0.25, 0.3) is 0 Å². The molecule has 1 unspecified atom stereocenters. The first-order chi connectivity index (χ1) is 13.2. The number of rotatable bonds is 11. The molecule has 0 radical (unpaired) electrons. The summed E-state index contributed by atoms with van der Waals surface area (Å²) in [4.78, 5) is 9.27. The van der Waals surface area contributed by atoms with Gasteiger partial charge in [-0.25, -0.2) is 0 Å². The van der Waals surface area contributed by atoms with E-state index in [9.17, 15) is 0 Å². The number of nitrogens with zero attached hydrogens (tertiary/aromatic N) is 3. The van der Waals surface area contributed by atoms with Crippen LogP contribution in [-0.4, -0.2) is 82.3 Å². The van der Waals surface area contributed by atoms with Crippen LogP contribution in [0.1, 0.15) is 24.8 Å². The molecule has 0 aromatic heterocycles. The predicted octanol–water partition coefficient (Wildman–Crippen LogP) is 2.40. The average molecular weight is 503 g/mol. The Morgan fingerprint density at radius 1 is 1.25 bits per heavy atom. The fourth-order valence-electron chi connectivity index (χ4n) is 3.54. The number of likely N-dealkylation sites (tertiary alicyclic amines) is 1. The highest BCUT2D eigenvalue weighted by molar-refractivity contribution is 14.0. The van der Waals surface area contributed by atoms with E-state index in [2.05, 4.69) is 62.8 Å². The molecule has 0 saturated carbocycles. The van der Waals surface area contributed by atoms with Gasteiger partial charge < -0.3 is 20.3 Å². The van der Waals surface area contributed by atoms with Crippen molar-refractivity contribution in [2.75, 3.05) is 60.5 Å². The number of ether oxygens (including phenoxy) is 1. The maximum atomic E-state index is 5.10. The first-order valence-electron chi connectivity index (χ1n) is 10.1. The van der Waals surface area contributed by atoms with Crippen LogP contribution in [-0.2, 0) is 11.3 Å². The van der Waals surface area contributed by atoms with E-state index in [4.69, 9.17) is 4.74 Å². The fraction of sp³-hybridized carbons (Fsp3) is 0.667. The third-order valence-electron chi connectivity index (χ3n) is 5.13. The van der Waals surface area contributed by atoms with Gasteiger partial charge in [0, 0.05) is 59.5 Å². The van der Waals surface area contributed by atoms with Gasteiger partial charge in [0.25, 0.3) is 0 Å². The predicted molar refractivity (Wildman–Crippen MR) is 129 cm³/mol. The van der Waals surface area contributed by atoms with E-state index in [0.717, 1.165) is 51.7 Å². The molecule has 28 heavy (non-hydrogen) atoms. The largest absolute Gasteiger partial charge is 0.385 e. The number of guanidine groups is 1. The molecule has 1 heterocycles. The number of nitrogens with one attached hydrogen (secondary N) is 2. The van der Waals surface area contributed by atoms with Crippen molar-refractivity contribution in [1.29, 1.82) is 0 Å². The van der Waals surface area contributed by atoms with Crippen LogP contribution in [0.15, 0.2) is 35.3 Å². The summed E-state index contributed by atoms with van der Waals surface area (Å²) in [6.45, 7) is 6.91. The molecular weight excluding hydrogens is 465 g/mol. The Morgan fingerprint density at radius 3 is 2.75 bits per heavy atom. The number of hydrogen-bond acceptors (Lipinski definition) is 4. The van der Waals surface area contributed by atoms with Gasteiger partial charge >= 0.3 is 0 Å². The van der Waals surface area contributed by atoms with E-state index >= 15 is 0 Å². The second-order valence-corrected chi connectivity index (χ2v) is 7.28. The highest BCUT2D eigenvalue weighted by Crippen LogP contribution is 2.19.